The quantitative estimate of drug-likeness (QED) is 0.449. The minimum atomic E-state index is 0.492. The van der Waals surface area contributed by atoms with Crippen LogP contribution >= 0.6 is 31.5 Å². The lowest BCUT2D eigenvalue weighted by molar-refractivity contribution is 0.237. The summed E-state index contributed by atoms with van der Waals surface area (Å²) in [6, 6.07) is 0. The molecule has 1 saturated carbocycles. The Morgan fingerprint density at radius 3 is 2.60 bits per heavy atom. The highest BCUT2D eigenvalue weighted by Gasteiger charge is 2.48. The van der Waals surface area contributed by atoms with Gasteiger partial charge in [0.1, 0.15) is 0 Å². The molecule has 0 bridgehead atoms. The van der Waals surface area contributed by atoms with Crippen molar-refractivity contribution in [3.63, 3.8) is 0 Å². The van der Waals surface area contributed by atoms with Crippen LogP contribution in [-0.4, -0.2) is 4.36 Å². The molecule has 0 amide bonds. The third kappa shape index (κ3) is 2.11. The van der Waals surface area contributed by atoms with Crippen molar-refractivity contribution in [3.05, 3.63) is 11.1 Å². The molecule has 15 heavy (non-hydrogen) atoms. The minimum absolute atomic E-state index is 0.492. The van der Waals surface area contributed by atoms with Crippen LogP contribution in [0.15, 0.2) is 11.1 Å². The van der Waals surface area contributed by atoms with Gasteiger partial charge in [0.05, 0.1) is 0 Å². The SMILES string of the molecule is CC1=C(C)C[C@@]2(B(Br)Br)CCCC[C@H]2C1. The summed E-state index contributed by atoms with van der Waals surface area (Å²) in [6.45, 7) is 4.65. The zero-order chi connectivity index (χ0) is 11.1. The molecule has 0 N–H and O–H groups in total. The smallest absolute Gasteiger partial charge is 0.139 e. The number of rotatable bonds is 1. The molecule has 2 rings (SSSR count). The van der Waals surface area contributed by atoms with Gasteiger partial charge in [-0.1, -0.05) is 36.8 Å². The van der Waals surface area contributed by atoms with E-state index >= 15 is 0 Å². The second kappa shape index (κ2) is 4.56. The molecule has 0 nitrogen and oxygen atoms in total. The maximum absolute atomic E-state index is 3.81. The van der Waals surface area contributed by atoms with Crippen molar-refractivity contribution in [2.24, 2.45) is 5.92 Å². The van der Waals surface area contributed by atoms with E-state index < -0.39 is 0 Å². The topological polar surface area (TPSA) is 0 Å². The normalized spacial score (nSPS) is 36.4. The molecule has 0 aliphatic heterocycles. The number of hydrogen-bond donors (Lipinski definition) is 0. The second-order valence-electron chi connectivity index (χ2n) is 5.42. The van der Waals surface area contributed by atoms with Crippen LogP contribution in [0.5, 0.6) is 0 Å². The van der Waals surface area contributed by atoms with Crippen molar-refractivity contribution in [3.8, 4) is 0 Å². The molecule has 0 aromatic carbocycles. The van der Waals surface area contributed by atoms with Crippen molar-refractivity contribution in [2.45, 2.75) is 57.7 Å². The van der Waals surface area contributed by atoms with Crippen LogP contribution in [0.1, 0.15) is 52.4 Å². The van der Waals surface area contributed by atoms with Crippen molar-refractivity contribution in [1.82, 2.24) is 0 Å². The van der Waals surface area contributed by atoms with Crippen LogP contribution in [-0.2, 0) is 0 Å². The van der Waals surface area contributed by atoms with Gasteiger partial charge < -0.3 is 0 Å². The number of hydrogen-bond acceptors (Lipinski definition) is 0. The molecule has 0 saturated heterocycles. The fourth-order valence-electron chi connectivity index (χ4n) is 3.43. The Bertz CT molecular complexity index is 285. The molecular weight excluding hydrogens is 315 g/mol. The van der Waals surface area contributed by atoms with Gasteiger partial charge in [0.15, 0.2) is 0 Å². The maximum Gasteiger partial charge on any atom is 0.305 e. The van der Waals surface area contributed by atoms with Crippen molar-refractivity contribution < 1.29 is 0 Å². The lowest BCUT2D eigenvalue weighted by Gasteiger charge is -2.48. The molecule has 2 aliphatic rings. The Hall–Kier alpha value is 0.765. The van der Waals surface area contributed by atoms with E-state index in [1.165, 1.54) is 38.5 Å². The van der Waals surface area contributed by atoms with Gasteiger partial charge in [-0.25, -0.2) is 0 Å². The number of allylic oxidation sites excluding steroid dienone is 2. The molecule has 0 aromatic rings. The van der Waals surface area contributed by atoms with E-state index in [-0.39, 0.29) is 0 Å². The second-order valence-corrected chi connectivity index (χ2v) is 8.48. The highest BCUT2D eigenvalue weighted by atomic mass is 79.9. The standard InChI is InChI=1S/C12H19BBr2/c1-9-7-11-5-3-4-6-12(11,13(14)15)8-10(9)2/h11H,3-8H2,1-2H3/t11-,12-/m0/s1. The van der Waals surface area contributed by atoms with Gasteiger partial charge in [-0.2, -0.15) is 0 Å². The molecule has 2 aliphatic carbocycles. The van der Waals surface area contributed by atoms with E-state index in [1.807, 2.05) is 0 Å². The first-order chi connectivity index (χ1) is 7.06. The van der Waals surface area contributed by atoms with Crippen molar-refractivity contribution >= 4 is 35.9 Å². The fraction of sp³-hybridized carbons (Fsp3) is 0.833. The molecule has 0 spiro atoms. The van der Waals surface area contributed by atoms with Crippen LogP contribution in [0.3, 0.4) is 0 Å². The van der Waals surface area contributed by atoms with Gasteiger partial charge in [-0.05, 0) is 37.9 Å². The third-order valence-electron chi connectivity index (χ3n) is 4.57. The molecule has 0 aromatic heterocycles. The first kappa shape index (κ1) is 12.2. The summed E-state index contributed by atoms with van der Waals surface area (Å²) < 4.78 is 0.492. The average Bonchev–Trinajstić information content (AvgIpc) is 2.19. The highest BCUT2D eigenvalue weighted by Crippen LogP contribution is 2.61. The lowest BCUT2D eigenvalue weighted by Crippen LogP contribution is -2.37. The Morgan fingerprint density at radius 1 is 1.20 bits per heavy atom. The summed E-state index contributed by atoms with van der Waals surface area (Å²) in [5, 5.41) is 0.502. The van der Waals surface area contributed by atoms with Crippen molar-refractivity contribution in [1.29, 1.82) is 0 Å². The van der Waals surface area contributed by atoms with E-state index in [2.05, 4.69) is 45.4 Å². The summed E-state index contributed by atoms with van der Waals surface area (Å²) in [5.74, 6) is 0.902. The monoisotopic (exact) mass is 332 g/mol. The summed E-state index contributed by atoms with van der Waals surface area (Å²) in [6.07, 6.45) is 8.30. The number of fused-ring (bicyclic) bond motifs is 1. The zero-order valence-electron chi connectivity index (χ0n) is 9.65. The summed E-state index contributed by atoms with van der Waals surface area (Å²) in [5.41, 5.74) is 3.29. The molecule has 0 unspecified atom stereocenters. The first-order valence-corrected chi connectivity index (χ1v) is 7.83. The van der Waals surface area contributed by atoms with Gasteiger partial charge in [-0.15, -0.1) is 31.5 Å². The van der Waals surface area contributed by atoms with E-state index in [0.717, 1.165) is 5.92 Å². The Kier molecular flexibility index (Phi) is 3.72. The average molecular weight is 334 g/mol. The summed E-state index contributed by atoms with van der Waals surface area (Å²) in [4.78, 5) is 0. The highest BCUT2D eigenvalue weighted by molar-refractivity contribution is 9.49. The van der Waals surface area contributed by atoms with Crippen LogP contribution in [0.4, 0.5) is 0 Å². The molecule has 1 fully saturated rings. The fourth-order valence-corrected chi connectivity index (χ4v) is 4.96. The molecule has 2 atom stereocenters. The predicted octanol–water partition coefficient (Wildman–Crippen LogP) is 5.33. The van der Waals surface area contributed by atoms with E-state index in [4.69, 9.17) is 0 Å². The molecule has 0 radical (unpaired) electrons. The molecule has 0 heterocycles. The Morgan fingerprint density at radius 2 is 1.93 bits per heavy atom. The molecular formula is C12H19BBr2. The van der Waals surface area contributed by atoms with Gasteiger partial charge in [0.2, 0.25) is 0 Å². The molecule has 84 valence electrons. The van der Waals surface area contributed by atoms with Gasteiger partial charge in [0.25, 0.3) is 0 Å². The largest absolute Gasteiger partial charge is 0.305 e. The van der Waals surface area contributed by atoms with E-state index in [9.17, 15) is 0 Å². The van der Waals surface area contributed by atoms with Gasteiger partial charge >= 0.3 is 4.36 Å². The lowest BCUT2D eigenvalue weighted by atomic mass is 9.48. The molecule has 3 heteroatoms. The maximum atomic E-state index is 3.81. The Balaban J connectivity index is 2.31. The minimum Gasteiger partial charge on any atom is -0.139 e. The van der Waals surface area contributed by atoms with Crippen LogP contribution < -0.4 is 0 Å². The van der Waals surface area contributed by atoms with E-state index in [0.29, 0.717) is 9.68 Å². The summed E-state index contributed by atoms with van der Waals surface area (Å²) >= 11 is 7.62. The van der Waals surface area contributed by atoms with Crippen LogP contribution in [0, 0.1) is 5.92 Å². The van der Waals surface area contributed by atoms with Crippen LogP contribution in [0.2, 0.25) is 5.31 Å². The number of halogens is 2. The zero-order valence-corrected chi connectivity index (χ0v) is 12.8. The van der Waals surface area contributed by atoms with Gasteiger partial charge in [-0.3, -0.25) is 0 Å². The third-order valence-corrected chi connectivity index (χ3v) is 6.39. The van der Waals surface area contributed by atoms with Crippen molar-refractivity contribution in [2.75, 3.05) is 0 Å². The van der Waals surface area contributed by atoms with Gasteiger partial charge in [0, 0.05) is 0 Å². The Labute approximate surface area is 110 Å². The van der Waals surface area contributed by atoms with Crippen LogP contribution in [0.25, 0.3) is 0 Å². The van der Waals surface area contributed by atoms with E-state index in [1.54, 1.807) is 11.1 Å². The summed E-state index contributed by atoms with van der Waals surface area (Å²) in [7, 11) is 0. The first-order valence-electron chi connectivity index (χ1n) is 5.99. The predicted molar refractivity (Wildman–Crippen MR) is 75.9 cm³/mol.